The fraction of sp³-hybridized carbons (Fsp3) is 0. The molecule has 5 heteroatoms. The minimum Gasteiger partial charge on any atom is -0.355 e. The second kappa shape index (κ2) is 8.81. The van der Waals surface area contributed by atoms with Crippen LogP contribution in [0.15, 0.2) is 97.1 Å². The lowest BCUT2D eigenvalue weighted by Gasteiger charge is -1.87. The Balaban J connectivity index is 0.000000149. The maximum absolute atomic E-state index is 4.62. The lowest BCUT2D eigenvalue weighted by atomic mass is 10.2. The molecular weight excluding hydrogens is 454 g/mol. The Hall–Kier alpha value is -5.16. The van der Waals surface area contributed by atoms with Gasteiger partial charge in [-0.3, -0.25) is 0 Å². The van der Waals surface area contributed by atoms with Crippen LogP contribution in [0, 0.1) is 0 Å². The Morgan fingerprint density at radius 1 is 0.378 bits per heavy atom. The van der Waals surface area contributed by atoms with Crippen LogP contribution in [0.5, 0.6) is 0 Å². The Bertz CT molecular complexity index is 1860. The van der Waals surface area contributed by atoms with Crippen LogP contribution in [0.25, 0.3) is 68.2 Å². The Kier molecular flexibility index (Phi) is 5.03. The number of nitrogens with zero attached hydrogens (tertiary/aromatic N) is 2. The van der Waals surface area contributed by atoms with Gasteiger partial charge < -0.3 is 15.0 Å². The normalized spacial score (nSPS) is 12.1. The van der Waals surface area contributed by atoms with E-state index in [0.717, 1.165) is 44.8 Å². The van der Waals surface area contributed by atoms with E-state index in [-0.39, 0.29) is 0 Å². The van der Waals surface area contributed by atoms with Crippen molar-refractivity contribution < 1.29 is 0 Å². The summed E-state index contributed by atoms with van der Waals surface area (Å²) in [6, 6.07) is 33.2. The van der Waals surface area contributed by atoms with Crippen LogP contribution in [0.2, 0.25) is 0 Å². The molecule has 2 aliphatic rings. The number of para-hydroxylation sites is 2. The van der Waals surface area contributed by atoms with Gasteiger partial charge in [0.2, 0.25) is 0 Å². The van der Waals surface area contributed by atoms with Crippen LogP contribution in [0.1, 0.15) is 22.8 Å². The second-order valence-electron chi connectivity index (χ2n) is 9.12. The number of fused-ring (bicyclic) bond motifs is 11. The molecular formula is C32H23N5. The molecule has 8 bridgehead atoms. The summed E-state index contributed by atoms with van der Waals surface area (Å²) in [5.74, 6) is 0. The number of aromatic amines is 3. The minimum absolute atomic E-state index is 0.915. The van der Waals surface area contributed by atoms with E-state index < -0.39 is 0 Å². The Labute approximate surface area is 212 Å². The molecule has 37 heavy (non-hydrogen) atoms. The molecule has 0 fully saturated rings. The molecule has 2 aromatic carbocycles. The minimum atomic E-state index is 0.915. The van der Waals surface area contributed by atoms with Gasteiger partial charge in [0.1, 0.15) is 0 Å². The lowest BCUT2D eigenvalue weighted by Crippen LogP contribution is -1.77. The molecule has 0 radical (unpaired) electrons. The van der Waals surface area contributed by atoms with Crippen molar-refractivity contribution in [2.45, 2.75) is 0 Å². The van der Waals surface area contributed by atoms with E-state index in [9.17, 15) is 0 Å². The van der Waals surface area contributed by atoms with Gasteiger partial charge in [0.15, 0.2) is 0 Å². The Morgan fingerprint density at radius 2 is 0.784 bits per heavy atom. The molecule has 3 N–H and O–H groups in total. The van der Waals surface area contributed by atoms with Crippen molar-refractivity contribution in [2.24, 2.45) is 0 Å². The van der Waals surface area contributed by atoms with E-state index in [1.165, 1.54) is 21.8 Å². The zero-order chi connectivity index (χ0) is 24.6. The molecule has 2 aliphatic heterocycles. The highest BCUT2D eigenvalue weighted by molar-refractivity contribution is 6.07. The summed E-state index contributed by atoms with van der Waals surface area (Å²) in [5, 5.41) is 2.61. The van der Waals surface area contributed by atoms with Gasteiger partial charge in [0.25, 0.3) is 0 Å². The van der Waals surface area contributed by atoms with Gasteiger partial charge in [-0.25, -0.2) is 9.97 Å². The molecule has 4 aromatic heterocycles. The third-order valence-corrected chi connectivity index (χ3v) is 6.46. The molecule has 8 rings (SSSR count). The second-order valence-corrected chi connectivity index (χ2v) is 9.12. The molecule has 176 valence electrons. The lowest BCUT2D eigenvalue weighted by molar-refractivity contribution is 1.28. The molecule has 5 nitrogen and oxygen atoms in total. The predicted octanol–water partition coefficient (Wildman–Crippen LogP) is 7.98. The number of H-pyrrole nitrogens is 3. The SMILES string of the molecule is C1=Cc2cc3ccc(cc4ccc(cc5nc(cc1n2)C=C5)[nH]4)[nH]3.c1ccc2c(c1)[nH]c1ccccc12. The van der Waals surface area contributed by atoms with Crippen LogP contribution in [0.4, 0.5) is 0 Å². The Morgan fingerprint density at radius 3 is 1.27 bits per heavy atom. The standard InChI is InChI=1S/C20H14N4.C12H9N/c1-2-14-10-16-5-6-18(23-16)12-20-8-7-19(24-20)11-17-4-3-15(22-17)9-13(1)21-14;1-3-7-11-9(5-1)10-6-2-4-8-12(10)13-11/h1-12,21-22H;1-8,13H. The average Bonchev–Trinajstić information content (AvgIpc) is 3.73. The summed E-state index contributed by atoms with van der Waals surface area (Å²) in [5.41, 5.74) is 10.3. The molecule has 6 heterocycles. The average molecular weight is 478 g/mol. The summed E-state index contributed by atoms with van der Waals surface area (Å²) in [6.07, 6.45) is 8.05. The van der Waals surface area contributed by atoms with Gasteiger partial charge >= 0.3 is 0 Å². The third kappa shape index (κ3) is 4.34. The van der Waals surface area contributed by atoms with Crippen LogP contribution in [-0.4, -0.2) is 24.9 Å². The van der Waals surface area contributed by atoms with Crippen molar-refractivity contribution in [2.75, 3.05) is 0 Å². The first-order chi connectivity index (χ1) is 18.2. The molecule has 0 aliphatic carbocycles. The number of hydrogen-bond acceptors (Lipinski definition) is 2. The highest BCUT2D eigenvalue weighted by Crippen LogP contribution is 2.24. The third-order valence-electron chi connectivity index (χ3n) is 6.46. The fourth-order valence-electron chi connectivity index (χ4n) is 4.74. The monoisotopic (exact) mass is 477 g/mol. The van der Waals surface area contributed by atoms with Crippen molar-refractivity contribution in [3.8, 4) is 0 Å². The van der Waals surface area contributed by atoms with E-state index in [1.807, 2.05) is 42.5 Å². The van der Waals surface area contributed by atoms with Crippen molar-refractivity contribution >= 4 is 68.2 Å². The van der Waals surface area contributed by atoms with Crippen molar-refractivity contribution in [1.82, 2.24) is 24.9 Å². The van der Waals surface area contributed by atoms with Gasteiger partial charge in [-0.05, 0) is 85.0 Å². The van der Waals surface area contributed by atoms with E-state index in [4.69, 9.17) is 0 Å². The van der Waals surface area contributed by atoms with Crippen LogP contribution in [0.3, 0.4) is 0 Å². The topological polar surface area (TPSA) is 73.2 Å². The number of hydrogen-bond donors (Lipinski definition) is 3. The van der Waals surface area contributed by atoms with E-state index in [1.54, 1.807) is 0 Å². The smallest absolute Gasteiger partial charge is 0.0659 e. The van der Waals surface area contributed by atoms with E-state index in [2.05, 4.69) is 104 Å². The number of rotatable bonds is 0. The predicted molar refractivity (Wildman–Crippen MR) is 155 cm³/mol. The summed E-state index contributed by atoms with van der Waals surface area (Å²) in [6.45, 7) is 0. The van der Waals surface area contributed by atoms with Gasteiger partial charge in [-0.1, -0.05) is 36.4 Å². The molecule has 6 aromatic rings. The van der Waals surface area contributed by atoms with E-state index in [0.29, 0.717) is 0 Å². The molecule has 0 amide bonds. The molecule has 0 saturated carbocycles. The number of benzene rings is 2. The fourth-order valence-corrected chi connectivity index (χ4v) is 4.74. The zero-order valence-electron chi connectivity index (χ0n) is 19.9. The van der Waals surface area contributed by atoms with Crippen molar-refractivity contribution in [3.63, 3.8) is 0 Å². The van der Waals surface area contributed by atoms with Gasteiger partial charge in [-0.2, -0.15) is 0 Å². The van der Waals surface area contributed by atoms with Crippen LogP contribution in [-0.2, 0) is 0 Å². The van der Waals surface area contributed by atoms with Gasteiger partial charge in [0, 0.05) is 43.9 Å². The molecule has 0 saturated heterocycles. The van der Waals surface area contributed by atoms with Crippen LogP contribution >= 0.6 is 0 Å². The summed E-state index contributed by atoms with van der Waals surface area (Å²) in [7, 11) is 0. The van der Waals surface area contributed by atoms with Crippen molar-refractivity contribution in [1.29, 1.82) is 0 Å². The molecule has 0 unspecified atom stereocenters. The first-order valence-corrected chi connectivity index (χ1v) is 12.3. The van der Waals surface area contributed by atoms with Crippen LogP contribution < -0.4 is 0 Å². The van der Waals surface area contributed by atoms with Crippen molar-refractivity contribution in [3.05, 3.63) is 120 Å². The number of nitrogens with one attached hydrogen (secondary N) is 3. The molecule has 0 spiro atoms. The summed E-state index contributed by atoms with van der Waals surface area (Å²) >= 11 is 0. The van der Waals surface area contributed by atoms with E-state index >= 15 is 0 Å². The molecule has 0 atom stereocenters. The highest BCUT2D eigenvalue weighted by atomic mass is 14.8. The summed E-state index contributed by atoms with van der Waals surface area (Å²) in [4.78, 5) is 19.4. The first-order valence-electron chi connectivity index (χ1n) is 12.3. The zero-order valence-corrected chi connectivity index (χ0v) is 19.9. The highest BCUT2D eigenvalue weighted by Gasteiger charge is 2.03. The number of aromatic nitrogens is 5. The largest absolute Gasteiger partial charge is 0.355 e. The van der Waals surface area contributed by atoms with Gasteiger partial charge in [0.05, 0.1) is 22.8 Å². The van der Waals surface area contributed by atoms with Gasteiger partial charge in [-0.15, -0.1) is 0 Å². The summed E-state index contributed by atoms with van der Waals surface area (Å²) < 4.78 is 0. The maximum Gasteiger partial charge on any atom is 0.0659 e. The maximum atomic E-state index is 4.62. The first kappa shape index (κ1) is 21.1. The quantitative estimate of drug-likeness (QED) is 0.207.